The van der Waals surface area contributed by atoms with Crippen LogP contribution >= 0.6 is 0 Å². The summed E-state index contributed by atoms with van der Waals surface area (Å²) in [5, 5.41) is 10.2. The van der Waals surface area contributed by atoms with Gasteiger partial charge in [-0.2, -0.15) is 5.10 Å². The molecular weight excluding hydrogens is 395 g/mol. The van der Waals surface area contributed by atoms with Crippen LogP contribution in [-0.2, 0) is 6.42 Å². The standard InChI is InChI=1S/C24H27FN4O2/c1-17(30)19-7-6-9-21(15-19)26-24(31)29(2)14-5-3-4-8-22-16-23(28-27-22)18-10-12-20(25)13-11-18/h6-7,9-13,15-16H,3-5,8,14H2,1-2H3,(H,26,31)(H,27,28). The summed E-state index contributed by atoms with van der Waals surface area (Å²) in [6.45, 7) is 2.14. The van der Waals surface area contributed by atoms with E-state index in [1.54, 1.807) is 48.3 Å². The minimum absolute atomic E-state index is 0.0356. The third-order valence-electron chi connectivity index (χ3n) is 5.08. The number of carbonyl (C=O) groups is 2. The molecule has 162 valence electrons. The number of rotatable bonds is 9. The molecule has 0 saturated heterocycles. The second-order valence-corrected chi connectivity index (χ2v) is 7.58. The first-order chi connectivity index (χ1) is 14.9. The van der Waals surface area contributed by atoms with E-state index in [4.69, 9.17) is 0 Å². The van der Waals surface area contributed by atoms with Crippen molar-refractivity contribution in [2.45, 2.75) is 32.6 Å². The van der Waals surface area contributed by atoms with Crippen LogP contribution in [0, 0.1) is 5.82 Å². The van der Waals surface area contributed by atoms with E-state index in [1.165, 1.54) is 19.1 Å². The minimum Gasteiger partial charge on any atom is -0.328 e. The average Bonchev–Trinajstić information content (AvgIpc) is 3.23. The third kappa shape index (κ3) is 6.50. The Hall–Kier alpha value is -3.48. The molecule has 0 saturated carbocycles. The van der Waals surface area contributed by atoms with Gasteiger partial charge in [0.05, 0.1) is 5.69 Å². The highest BCUT2D eigenvalue weighted by Crippen LogP contribution is 2.19. The number of halogens is 1. The van der Waals surface area contributed by atoms with E-state index in [2.05, 4.69) is 15.5 Å². The zero-order valence-corrected chi connectivity index (χ0v) is 17.8. The number of aromatic amines is 1. The number of urea groups is 1. The zero-order chi connectivity index (χ0) is 22.2. The van der Waals surface area contributed by atoms with Crippen LogP contribution in [-0.4, -0.2) is 40.5 Å². The van der Waals surface area contributed by atoms with Crippen LogP contribution < -0.4 is 5.32 Å². The molecule has 2 aromatic carbocycles. The Balaban J connectivity index is 1.38. The zero-order valence-electron chi connectivity index (χ0n) is 17.8. The van der Waals surface area contributed by atoms with Crippen LogP contribution in [0.3, 0.4) is 0 Å². The number of amides is 2. The summed E-state index contributed by atoms with van der Waals surface area (Å²) < 4.78 is 13.0. The molecule has 2 amide bonds. The van der Waals surface area contributed by atoms with E-state index in [9.17, 15) is 14.0 Å². The van der Waals surface area contributed by atoms with Gasteiger partial charge >= 0.3 is 6.03 Å². The molecule has 3 rings (SSSR count). The molecule has 0 fully saturated rings. The molecule has 0 aliphatic rings. The number of hydrogen-bond donors (Lipinski definition) is 2. The van der Waals surface area contributed by atoms with Gasteiger partial charge in [0.1, 0.15) is 5.82 Å². The van der Waals surface area contributed by atoms with Crippen molar-refractivity contribution in [1.82, 2.24) is 15.1 Å². The fourth-order valence-electron chi connectivity index (χ4n) is 3.24. The van der Waals surface area contributed by atoms with Crippen molar-refractivity contribution in [2.24, 2.45) is 0 Å². The molecule has 7 heteroatoms. The maximum Gasteiger partial charge on any atom is 0.321 e. The first-order valence-corrected chi connectivity index (χ1v) is 10.4. The number of nitrogens with one attached hydrogen (secondary N) is 2. The largest absolute Gasteiger partial charge is 0.328 e. The Bertz CT molecular complexity index is 1030. The molecule has 1 aromatic heterocycles. The molecule has 0 spiro atoms. The summed E-state index contributed by atoms with van der Waals surface area (Å²) in [6, 6.07) is 15.0. The number of ketones is 1. The number of aromatic nitrogens is 2. The van der Waals surface area contributed by atoms with Gasteiger partial charge < -0.3 is 10.2 Å². The number of carbonyl (C=O) groups excluding carboxylic acids is 2. The van der Waals surface area contributed by atoms with Gasteiger partial charge in [0, 0.05) is 36.1 Å². The van der Waals surface area contributed by atoms with Gasteiger partial charge in [-0.1, -0.05) is 18.6 Å². The van der Waals surface area contributed by atoms with E-state index in [0.29, 0.717) is 17.8 Å². The topological polar surface area (TPSA) is 78.1 Å². The number of hydrogen-bond acceptors (Lipinski definition) is 3. The third-order valence-corrected chi connectivity index (χ3v) is 5.08. The van der Waals surface area contributed by atoms with E-state index < -0.39 is 0 Å². The number of nitrogens with zero attached hydrogens (tertiary/aromatic N) is 2. The predicted octanol–water partition coefficient (Wildman–Crippen LogP) is 5.30. The number of unbranched alkanes of at least 4 members (excludes halogenated alkanes) is 2. The molecule has 1 heterocycles. The van der Waals surface area contributed by atoms with E-state index in [1.807, 2.05) is 6.07 Å². The van der Waals surface area contributed by atoms with Crippen molar-refractivity contribution in [3.63, 3.8) is 0 Å². The molecule has 0 aliphatic carbocycles. The van der Waals surface area contributed by atoms with Crippen LogP contribution in [0.2, 0.25) is 0 Å². The molecule has 6 nitrogen and oxygen atoms in total. The van der Waals surface area contributed by atoms with E-state index in [-0.39, 0.29) is 17.6 Å². The van der Waals surface area contributed by atoms with Crippen LogP contribution in [0.25, 0.3) is 11.3 Å². The minimum atomic E-state index is -0.261. The van der Waals surface area contributed by atoms with Crippen molar-refractivity contribution < 1.29 is 14.0 Å². The lowest BCUT2D eigenvalue weighted by Gasteiger charge is -2.18. The molecule has 0 aliphatic heterocycles. The molecule has 2 N–H and O–H groups in total. The lowest BCUT2D eigenvalue weighted by Crippen LogP contribution is -2.32. The Kier molecular flexibility index (Phi) is 7.54. The summed E-state index contributed by atoms with van der Waals surface area (Å²) in [5.74, 6) is -0.297. The summed E-state index contributed by atoms with van der Waals surface area (Å²) in [6.07, 6.45) is 3.70. The van der Waals surface area contributed by atoms with Crippen molar-refractivity contribution in [3.8, 4) is 11.3 Å². The summed E-state index contributed by atoms with van der Waals surface area (Å²) in [7, 11) is 1.76. The molecule has 3 aromatic rings. The summed E-state index contributed by atoms with van der Waals surface area (Å²) in [4.78, 5) is 25.4. The highest BCUT2D eigenvalue weighted by atomic mass is 19.1. The van der Waals surface area contributed by atoms with E-state index in [0.717, 1.165) is 42.6 Å². The summed E-state index contributed by atoms with van der Waals surface area (Å²) in [5.41, 5.74) is 3.91. The normalized spacial score (nSPS) is 10.7. The van der Waals surface area contributed by atoms with Crippen LogP contribution in [0.4, 0.5) is 14.9 Å². The Morgan fingerprint density at radius 1 is 1.06 bits per heavy atom. The molecule has 0 radical (unpaired) electrons. The number of anilines is 1. The van der Waals surface area contributed by atoms with Crippen LogP contribution in [0.15, 0.2) is 54.6 Å². The molecule has 31 heavy (non-hydrogen) atoms. The van der Waals surface area contributed by atoms with Gasteiger partial charge in [-0.15, -0.1) is 0 Å². The summed E-state index contributed by atoms with van der Waals surface area (Å²) >= 11 is 0. The smallest absolute Gasteiger partial charge is 0.321 e. The van der Waals surface area contributed by atoms with Crippen LogP contribution in [0.5, 0.6) is 0 Å². The molecule has 0 bridgehead atoms. The number of H-pyrrole nitrogens is 1. The number of aryl methyl sites for hydroxylation is 1. The lowest BCUT2D eigenvalue weighted by atomic mass is 10.1. The first kappa shape index (κ1) is 22.2. The van der Waals surface area contributed by atoms with Gasteiger partial charge in [0.2, 0.25) is 0 Å². The Morgan fingerprint density at radius 3 is 2.58 bits per heavy atom. The van der Waals surface area contributed by atoms with Crippen LogP contribution in [0.1, 0.15) is 42.2 Å². The monoisotopic (exact) mass is 422 g/mol. The molecular formula is C24H27FN4O2. The maximum absolute atomic E-state index is 13.0. The highest BCUT2D eigenvalue weighted by molar-refractivity contribution is 5.96. The number of Topliss-reactive ketones (excluding diaryl/α,β-unsaturated/α-hetero) is 1. The van der Waals surface area contributed by atoms with Gasteiger partial charge in [-0.3, -0.25) is 9.89 Å². The van der Waals surface area contributed by atoms with E-state index >= 15 is 0 Å². The first-order valence-electron chi connectivity index (χ1n) is 10.4. The van der Waals surface area contributed by atoms with Gasteiger partial charge in [-0.25, -0.2) is 9.18 Å². The quantitative estimate of drug-likeness (QED) is 0.363. The fraction of sp³-hybridized carbons (Fsp3) is 0.292. The second kappa shape index (κ2) is 10.5. The van der Waals surface area contributed by atoms with Crippen molar-refractivity contribution in [2.75, 3.05) is 18.9 Å². The Morgan fingerprint density at radius 2 is 1.84 bits per heavy atom. The Labute approximate surface area is 181 Å². The van der Waals surface area contributed by atoms with Gasteiger partial charge in [-0.05, 0) is 68.7 Å². The lowest BCUT2D eigenvalue weighted by molar-refractivity contribution is 0.101. The van der Waals surface area contributed by atoms with Crippen molar-refractivity contribution in [1.29, 1.82) is 0 Å². The van der Waals surface area contributed by atoms with Crippen molar-refractivity contribution in [3.05, 3.63) is 71.7 Å². The molecule has 0 atom stereocenters. The maximum atomic E-state index is 13.0. The van der Waals surface area contributed by atoms with Gasteiger partial charge in [0.15, 0.2) is 5.78 Å². The SMILES string of the molecule is CC(=O)c1cccc(NC(=O)N(C)CCCCCc2cc(-c3ccc(F)cc3)n[nH]2)c1. The molecule has 0 unspecified atom stereocenters. The van der Waals surface area contributed by atoms with Gasteiger partial charge in [0.25, 0.3) is 0 Å². The second-order valence-electron chi connectivity index (χ2n) is 7.58. The average molecular weight is 423 g/mol. The van der Waals surface area contributed by atoms with Crippen molar-refractivity contribution >= 4 is 17.5 Å². The highest BCUT2D eigenvalue weighted by Gasteiger charge is 2.10. The fourth-order valence-corrected chi connectivity index (χ4v) is 3.24. The predicted molar refractivity (Wildman–Crippen MR) is 120 cm³/mol. The number of benzene rings is 2.